The number of anilines is 1. The summed E-state index contributed by atoms with van der Waals surface area (Å²) in [4.78, 5) is 16.5. The number of aromatic nitrogens is 6. The Morgan fingerprint density at radius 2 is 2.14 bits per heavy atom. The molecule has 0 saturated heterocycles. The Balaban J connectivity index is 1.37. The summed E-state index contributed by atoms with van der Waals surface area (Å²) in [6.07, 6.45) is 11.3. The van der Waals surface area contributed by atoms with Crippen LogP contribution in [0.25, 0.3) is 11.3 Å². The topological polar surface area (TPSA) is 103 Å². The molecule has 1 aliphatic rings. The molecule has 3 heterocycles. The predicted octanol–water partition coefficient (Wildman–Crippen LogP) is 2.90. The molecule has 0 spiro atoms. The van der Waals surface area contributed by atoms with Crippen LogP contribution in [0.15, 0.2) is 36.9 Å². The summed E-state index contributed by atoms with van der Waals surface area (Å²) in [5, 5.41) is 18.3. The van der Waals surface area contributed by atoms with Crippen LogP contribution < -0.4 is 10.6 Å². The standard InChI is InChI=1S/C19H24N8O/c1-26-17(10-16(25-26)14-6-5-9-20-11-14)23-19(28)21-12-18-24-22-13-27(18)15-7-3-2-4-8-15/h5-6,9-11,13,15H,2-4,7-8,12H2,1H3,(H2,21,23,28). The van der Waals surface area contributed by atoms with Crippen LogP contribution in [-0.2, 0) is 13.6 Å². The van der Waals surface area contributed by atoms with Crippen LogP contribution in [0.5, 0.6) is 0 Å². The second-order valence-corrected chi connectivity index (χ2v) is 7.03. The molecule has 0 bridgehead atoms. The van der Waals surface area contributed by atoms with Crippen LogP contribution in [-0.4, -0.2) is 35.6 Å². The molecule has 4 rings (SSSR count). The zero-order valence-electron chi connectivity index (χ0n) is 15.9. The maximum Gasteiger partial charge on any atom is 0.320 e. The van der Waals surface area contributed by atoms with Crippen molar-refractivity contribution in [2.24, 2.45) is 7.05 Å². The number of carbonyl (C=O) groups excluding carboxylic acids is 1. The zero-order chi connectivity index (χ0) is 19.3. The summed E-state index contributed by atoms with van der Waals surface area (Å²) in [5.41, 5.74) is 1.65. The molecule has 0 atom stereocenters. The minimum absolute atomic E-state index is 0.307. The molecule has 146 valence electrons. The Morgan fingerprint density at radius 1 is 1.29 bits per heavy atom. The number of urea groups is 1. The highest BCUT2D eigenvalue weighted by Crippen LogP contribution is 2.28. The van der Waals surface area contributed by atoms with Crippen LogP contribution >= 0.6 is 0 Å². The first-order valence-corrected chi connectivity index (χ1v) is 9.58. The van der Waals surface area contributed by atoms with Crippen molar-refractivity contribution in [3.63, 3.8) is 0 Å². The van der Waals surface area contributed by atoms with Gasteiger partial charge in [0.1, 0.15) is 12.1 Å². The number of carbonyl (C=O) groups is 1. The van der Waals surface area contributed by atoms with Gasteiger partial charge in [-0.1, -0.05) is 19.3 Å². The summed E-state index contributed by atoms with van der Waals surface area (Å²) in [6, 6.07) is 5.73. The van der Waals surface area contributed by atoms with Crippen molar-refractivity contribution >= 4 is 11.8 Å². The Bertz CT molecular complexity index is 927. The molecule has 3 aromatic rings. The number of hydrogen-bond donors (Lipinski definition) is 2. The van der Waals surface area contributed by atoms with Gasteiger partial charge in [0.15, 0.2) is 5.82 Å². The van der Waals surface area contributed by atoms with Gasteiger partial charge in [-0.05, 0) is 25.0 Å². The molecular formula is C19H24N8O. The van der Waals surface area contributed by atoms with E-state index in [1.807, 2.05) is 18.2 Å². The third kappa shape index (κ3) is 4.03. The first kappa shape index (κ1) is 18.1. The number of rotatable bonds is 5. The van der Waals surface area contributed by atoms with Gasteiger partial charge in [0.05, 0.1) is 12.2 Å². The molecule has 0 unspecified atom stereocenters. The number of nitrogens with one attached hydrogen (secondary N) is 2. The lowest BCUT2D eigenvalue weighted by Crippen LogP contribution is -2.30. The number of aryl methyl sites for hydroxylation is 1. The van der Waals surface area contributed by atoms with Crippen molar-refractivity contribution < 1.29 is 4.79 Å². The lowest BCUT2D eigenvalue weighted by molar-refractivity contribution is 0.250. The molecule has 2 N–H and O–H groups in total. The molecule has 3 aromatic heterocycles. The van der Waals surface area contributed by atoms with E-state index < -0.39 is 0 Å². The summed E-state index contributed by atoms with van der Waals surface area (Å²) in [7, 11) is 1.79. The molecule has 9 nitrogen and oxygen atoms in total. The first-order chi connectivity index (χ1) is 13.7. The number of nitrogens with zero attached hydrogens (tertiary/aromatic N) is 6. The minimum Gasteiger partial charge on any atom is -0.331 e. The number of hydrogen-bond acceptors (Lipinski definition) is 5. The van der Waals surface area contributed by atoms with Gasteiger partial charge in [-0.25, -0.2) is 4.79 Å². The summed E-state index contributed by atoms with van der Waals surface area (Å²) >= 11 is 0. The maximum absolute atomic E-state index is 12.4. The third-order valence-electron chi connectivity index (χ3n) is 5.10. The summed E-state index contributed by atoms with van der Waals surface area (Å²) in [6.45, 7) is 0.329. The van der Waals surface area contributed by atoms with Crippen molar-refractivity contribution in [1.29, 1.82) is 0 Å². The highest BCUT2D eigenvalue weighted by molar-refractivity contribution is 5.88. The van der Waals surface area contributed by atoms with E-state index in [0.29, 0.717) is 18.4 Å². The Labute approximate surface area is 163 Å². The minimum atomic E-state index is -0.307. The van der Waals surface area contributed by atoms with E-state index in [0.717, 1.165) is 29.9 Å². The van der Waals surface area contributed by atoms with Crippen molar-refractivity contribution in [2.75, 3.05) is 5.32 Å². The van der Waals surface area contributed by atoms with E-state index in [1.54, 1.807) is 30.5 Å². The second-order valence-electron chi connectivity index (χ2n) is 7.03. The molecule has 0 aromatic carbocycles. The van der Waals surface area contributed by atoms with Gasteiger partial charge in [-0.15, -0.1) is 10.2 Å². The largest absolute Gasteiger partial charge is 0.331 e. The average molecular weight is 380 g/mol. The van der Waals surface area contributed by atoms with Gasteiger partial charge >= 0.3 is 6.03 Å². The summed E-state index contributed by atoms with van der Waals surface area (Å²) in [5.74, 6) is 1.38. The fourth-order valence-electron chi connectivity index (χ4n) is 3.62. The molecule has 1 saturated carbocycles. The van der Waals surface area contributed by atoms with Crippen LogP contribution in [0.2, 0.25) is 0 Å². The maximum atomic E-state index is 12.4. The van der Waals surface area contributed by atoms with Gasteiger partial charge in [0.25, 0.3) is 0 Å². The van der Waals surface area contributed by atoms with Crippen molar-refractivity contribution in [1.82, 2.24) is 34.8 Å². The van der Waals surface area contributed by atoms with Gasteiger partial charge in [0.2, 0.25) is 0 Å². The fourth-order valence-corrected chi connectivity index (χ4v) is 3.62. The molecule has 0 aliphatic heterocycles. The SMILES string of the molecule is Cn1nc(-c2cccnc2)cc1NC(=O)NCc1nncn1C1CCCCC1. The van der Waals surface area contributed by atoms with E-state index in [1.165, 1.54) is 19.3 Å². The average Bonchev–Trinajstić information content (AvgIpc) is 3.35. The quantitative estimate of drug-likeness (QED) is 0.708. The predicted molar refractivity (Wildman–Crippen MR) is 104 cm³/mol. The molecule has 0 radical (unpaired) electrons. The Morgan fingerprint density at radius 3 is 2.93 bits per heavy atom. The normalized spacial score (nSPS) is 14.8. The molecule has 2 amide bonds. The zero-order valence-corrected chi connectivity index (χ0v) is 15.9. The monoisotopic (exact) mass is 380 g/mol. The fraction of sp³-hybridized carbons (Fsp3) is 0.421. The van der Waals surface area contributed by atoms with E-state index in [-0.39, 0.29) is 6.03 Å². The number of pyridine rings is 1. The van der Waals surface area contributed by atoms with Crippen LogP contribution in [0.3, 0.4) is 0 Å². The Kier molecular flexibility index (Phi) is 5.31. The Hall–Kier alpha value is -3.23. The molecular weight excluding hydrogens is 356 g/mol. The van der Waals surface area contributed by atoms with Crippen LogP contribution in [0.1, 0.15) is 44.0 Å². The molecule has 9 heteroatoms. The van der Waals surface area contributed by atoms with Crippen molar-refractivity contribution in [3.05, 3.63) is 42.7 Å². The van der Waals surface area contributed by atoms with Crippen LogP contribution in [0, 0.1) is 0 Å². The van der Waals surface area contributed by atoms with Crippen LogP contribution in [0.4, 0.5) is 10.6 Å². The third-order valence-corrected chi connectivity index (χ3v) is 5.10. The molecule has 1 aliphatic carbocycles. The summed E-state index contributed by atoms with van der Waals surface area (Å²) < 4.78 is 3.73. The van der Waals surface area contributed by atoms with E-state index in [9.17, 15) is 4.79 Å². The van der Waals surface area contributed by atoms with Gasteiger partial charge < -0.3 is 9.88 Å². The second kappa shape index (κ2) is 8.20. The lowest BCUT2D eigenvalue weighted by Gasteiger charge is -2.24. The van der Waals surface area contributed by atoms with Gasteiger partial charge in [-0.2, -0.15) is 5.10 Å². The van der Waals surface area contributed by atoms with Gasteiger partial charge in [-0.3, -0.25) is 15.0 Å². The highest BCUT2D eigenvalue weighted by Gasteiger charge is 2.19. The highest BCUT2D eigenvalue weighted by atomic mass is 16.2. The smallest absolute Gasteiger partial charge is 0.320 e. The van der Waals surface area contributed by atoms with Crippen molar-refractivity contribution in [2.45, 2.75) is 44.7 Å². The first-order valence-electron chi connectivity index (χ1n) is 9.58. The molecule has 1 fully saturated rings. The van der Waals surface area contributed by atoms with E-state index in [2.05, 4.69) is 35.5 Å². The number of amides is 2. The van der Waals surface area contributed by atoms with Crippen molar-refractivity contribution in [3.8, 4) is 11.3 Å². The van der Waals surface area contributed by atoms with E-state index >= 15 is 0 Å². The molecule has 28 heavy (non-hydrogen) atoms. The lowest BCUT2D eigenvalue weighted by atomic mass is 9.95. The van der Waals surface area contributed by atoms with E-state index in [4.69, 9.17) is 0 Å². The van der Waals surface area contributed by atoms with Gasteiger partial charge in [0, 0.05) is 37.1 Å².